The summed E-state index contributed by atoms with van der Waals surface area (Å²) < 4.78 is 16.7. The fourth-order valence-electron chi connectivity index (χ4n) is 3.69. The van der Waals surface area contributed by atoms with Crippen molar-refractivity contribution in [1.82, 2.24) is 29.8 Å². The first-order chi connectivity index (χ1) is 14.0. The molecule has 3 aromatic rings. The lowest BCUT2D eigenvalue weighted by atomic mass is 10.0. The van der Waals surface area contributed by atoms with E-state index in [4.69, 9.17) is 0 Å². The highest BCUT2D eigenvalue weighted by atomic mass is 19.1. The lowest BCUT2D eigenvalue weighted by molar-refractivity contribution is 0.0908. The zero-order valence-corrected chi connectivity index (χ0v) is 16.7. The van der Waals surface area contributed by atoms with Crippen LogP contribution in [0.25, 0.3) is 11.3 Å². The van der Waals surface area contributed by atoms with E-state index >= 15 is 0 Å². The topological polar surface area (TPSA) is 68.0 Å². The van der Waals surface area contributed by atoms with Crippen LogP contribution in [0.4, 0.5) is 4.39 Å². The number of hydrogen-bond acceptors (Lipinski definition) is 4. The van der Waals surface area contributed by atoms with Crippen molar-refractivity contribution in [3.05, 3.63) is 59.8 Å². The molecule has 2 aromatic heterocycles. The fraction of sp³-hybridized carbons (Fsp3) is 0.381. The Kier molecular flexibility index (Phi) is 5.44. The Balaban J connectivity index is 1.32. The Labute approximate surface area is 169 Å². The van der Waals surface area contributed by atoms with Crippen LogP contribution in [0.3, 0.4) is 0 Å². The van der Waals surface area contributed by atoms with E-state index in [0.29, 0.717) is 5.56 Å². The number of piperidine rings is 1. The third-order valence-electron chi connectivity index (χ3n) is 5.39. The summed E-state index contributed by atoms with van der Waals surface area (Å²) in [6.45, 7) is 2.62. The van der Waals surface area contributed by atoms with Crippen molar-refractivity contribution in [3.8, 4) is 11.3 Å². The molecule has 0 spiro atoms. The van der Waals surface area contributed by atoms with Gasteiger partial charge in [0.05, 0.1) is 23.1 Å². The largest absolute Gasteiger partial charge is 0.349 e. The molecule has 0 aliphatic carbocycles. The summed E-state index contributed by atoms with van der Waals surface area (Å²) in [7, 11) is 3.73. The molecule has 29 heavy (non-hydrogen) atoms. The molecule has 1 aromatic carbocycles. The molecule has 0 atom stereocenters. The molecule has 152 valence electrons. The molecule has 4 rings (SSSR count). The number of hydrogen-bond donors (Lipinski definition) is 1. The maximum atomic E-state index is 13.1. The highest BCUT2D eigenvalue weighted by molar-refractivity contribution is 5.93. The molecule has 1 amide bonds. The van der Waals surface area contributed by atoms with E-state index < -0.39 is 0 Å². The molecule has 0 bridgehead atoms. The molecule has 1 aliphatic heterocycles. The zero-order valence-electron chi connectivity index (χ0n) is 16.7. The lowest BCUT2D eigenvalue weighted by Gasteiger charge is -2.32. The number of aromatic nitrogens is 4. The molecule has 8 heteroatoms. The van der Waals surface area contributed by atoms with Crippen molar-refractivity contribution in [2.24, 2.45) is 14.1 Å². The minimum Gasteiger partial charge on any atom is -0.349 e. The van der Waals surface area contributed by atoms with E-state index in [0.717, 1.165) is 49.4 Å². The molecule has 0 saturated carbocycles. The number of carbonyl (C=O) groups is 1. The molecule has 7 nitrogen and oxygen atoms in total. The zero-order chi connectivity index (χ0) is 20.4. The van der Waals surface area contributed by atoms with Gasteiger partial charge in [0.1, 0.15) is 5.82 Å². The van der Waals surface area contributed by atoms with Gasteiger partial charge >= 0.3 is 0 Å². The van der Waals surface area contributed by atoms with Crippen LogP contribution in [0.2, 0.25) is 0 Å². The molecule has 1 saturated heterocycles. The van der Waals surface area contributed by atoms with Crippen LogP contribution in [0.1, 0.15) is 28.9 Å². The number of halogens is 1. The third kappa shape index (κ3) is 4.54. The van der Waals surface area contributed by atoms with Gasteiger partial charge < -0.3 is 5.32 Å². The van der Waals surface area contributed by atoms with Gasteiger partial charge in [0.15, 0.2) is 0 Å². The number of amides is 1. The van der Waals surface area contributed by atoms with Crippen molar-refractivity contribution in [2.75, 3.05) is 13.1 Å². The second-order valence-electron chi connectivity index (χ2n) is 7.58. The predicted octanol–water partition coefficient (Wildman–Crippen LogP) is 2.35. The van der Waals surface area contributed by atoms with Crippen molar-refractivity contribution in [3.63, 3.8) is 0 Å². The Morgan fingerprint density at radius 2 is 1.93 bits per heavy atom. The van der Waals surface area contributed by atoms with Crippen LogP contribution in [-0.2, 0) is 20.6 Å². The summed E-state index contributed by atoms with van der Waals surface area (Å²) in [6, 6.07) is 8.64. The van der Waals surface area contributed by atoms with E-state index in [1.165, 1.54) is 12.1 Å². The first-order valence-corrected chi connectivity index (χ1v) is 9.78. The van der Waals surface area contributed by atoms with Crippen LogP contribution < -0.4 is 5.32 Å². The normalized spacial score (nSPS) is 15.6. The Bertz CT molecular complexity index is 985. The minimum absolute atomic E-state index is 0.0628. The summed E-state index contributed by atoms with van der Waals surface area (Å²) in [4.78, 5) is 14.7. The fourth-order valence-corrected chi connectivity index (χ4v) is 3.69. The van der Waals surface area contributed by atoms with Crippen LogP contribution in [0.5, 0.6) is 0 Å². The molecule has 1 N–H and O–H groups in total. The second kappa shape index (κ2) is 8.16. The number of likely N-dealkylation sites (tertiary alicyclic amines) is 1. The predicted molar refractivity (Wildman–Crippen MR) is 108 cm³/mol. The lowest BCUT2D eigenvalue weighted by Crippen LogP contribution is -2.44. The third-order valence-corrected chi connectivity index (χ3v) is 5.39. The van der Waals surface area contributed by atoms with E-state index in [-0.39, 0.29) is 17.8 Å². The second-order valence-corrected chi connectivity index (χ2v) is 7.58. The smallest absolute Gasteiger partial charge is 0.254 e. The van der Waals surface area contributed by atoms with Crippen molar-refractivity contribution < 1.29 is 9.18 Å². The molecular formula is C21H25FN6O. The van der Waals surface area contributed by atoms with Crippen LogP contribution in [0.15, 0.2) is 42.7 Å². The van der Waals surface area contributed by atoms with Gasteiger partial charge in [-0.05, 0) is 43.2 Å². The maximum absolute atomic E-state index is 13.1. The van der Waals surface area contributed by atoms with Gasteiger partial charge in [-0.25, -0.2) is 4.39 Å². The Morgan fingerprint density at radius 3 is 2.59 bits per heavy atom. The standard InChI is InChI=1S/C21H25FN6O/c1-26-13-16(12-23-26)21(29)24-18-7-9-28(10-8-18)14-19-11-20(25-27(19)2)15-3-5-17(22)6-4-15/h3-6,11-13,18H,7-10,14H2,1-2H3,(H,24,29). The highest BCUT2D eigenvalue weighted by Gasteiger charge is 2.22. The summed E-state index contributed by atoms with van der Waals surface area (Å²) in [5.74, 6) is -0.310. The van der Waals surface area contributed by atoms with E-state index in [1.807, 2.05) is 11.7 Å². The van der Waals surface area contributed by atoms with Crippen molar-refractivity contribution in [2.45, 2.75) is 25.4 Å². The number of carbonyl (C=O) groups excluding carboxylic acids is 1. The molecule has 1 aliphatic rings. The maximum Gasteiger partial charge on any atom is 0.254 e. The average Bonchev–Trinajstić information content (AvgIpc) is 3.30. The van der Waals surface area contributed by atoms with Crippen molar-refractivity contribution >= 4 is 5.91 Å². The van der Waals surface area contributed by atoms with Gasteiger partial charge in [-0.3, -0.25) is 19.1 Å². The summed E-state index contributed by atoms with van der Waals surface area (Å²) in [5.41, 5.74) is 3.46. The number of aryl methyl sites for hydroxylation is 2. The molecule has 0 unspecified atom stereocenters. The monoisotopic (exact) mass is 396 g/mol. The molecule has 0 radical (unpaired) electrons. The van der Waals surface area contributed by atoms with Gasteiger partial charge in [-0.15, -0.1) is 0 Å². The molecule has 1 fully saturated rings. The summed E-state index contributed by atoms with van der Waals surface area (Å²) >= 11 is 0. The summed E-state index contributed by atoms with van der Waals surface area (Å²) in [6.07, 6.45) is 5.14. The van der Waals surface area contributed by atoms with Gasteiger partial charge in [0, 0.05) is 51.5 Å². The SMILES string of the molecule is Cn1cc(C(=O)NC2CCN(Cc3cc(-c4ccc(F)cc4)nn3C)CC2)cn1. The van der Waals surface area contributed by atoms with E-state index in [9.17, 15) is 9.18 Å². The first-order valence-electron chi connectivity index (χ1n) is 9.78. The highest BCUT2D eigenvalue weighted by Crippen LogP contribution is 2.21. The van der Waals surface area contributed by atoms with E-state index in [2.05, 4.69) is 26.5 Å². The number of nitrogens with zero attached hydrogens (tertiary/aromatic N) is 5. The number of rotatable bonds is 5. The van der Waals surface area contributed by atoms with Crippen LogP contribution >= 0.6 is 0 Å². The number of nitrogens with one attached hydrogen (secondary N) is 1. The van der Waals surface area contributed by atoms with Gasteiger partial charge in [0.2, 0.25) is 0 Å². The quantitative estimate of drug-likeness (QED) is 0.719. The minimum atomic E-state index is -0.247. The summed E-state index contributed by atoms with van der Waals surface area (Å²) in [5, 5.41) is 11.7. The molecular weight excluding hydrogens is 371 g/mol. The van der Waals surface area contributed by atoms with Gasteiger partial charge in [-0.2, -0.15) is 10.2 Å². The van der Waals surface area contributed by atoms with Crippen LogP contribution in [0, 0.1) is 5.82 Å². The molecule has 3 heterocycles. The van der Waals surface area contributed by atoms with Crippen molar-refractivity contribution in [1.29, 1.82) is 0 Å². The average molecular weight is 396 g/mol. The Hall–Kier alpha value is -3.00. The first kappa shape index (κ1) is 19.3. The number of benzene rings is 1. The Morgan fingerprint density at radius 1 is 1.21 bits per heavy atom. The van der Waals surface area contributed by atoms with E-state index in [1.54, 1.807) is 36.3 Å². The van der Waals surface area contributed by atoms with Gasteiger partial charge in [-0.1, -0.05) is 0 Å². The van der Waals surface area contributed by atoms with Gasteiger partial charge in [0.25, 0.3) is 5.91 Å². The van der Waals surface area contributed by atoms with Crippen LogP contribution in [-0.4, -0.2) is 49.5 Å².